The Bertz CT molecular complexity index is 247. The third-order valence-electron chi connectivity index (χ3n) is 4.27. The molecular formula is C18H39N2O2S-. The Hall–Kier alpha value is 0.0300. The van der Waals surface area contributed by atoms with Gasteiger partial charge in [0.05, 0.1) is 0 Å². The first-order valence-corrected chi connectivity index (χ1v) is 10.9. The van der Waals surface area contributed by atoms with Gasteiger partial charge in [-0.1, -0.05) is 90.9 Å². The summed E-state index contributed by atoms with van der Waals surface area (Å²) in [6.45, 7) is 6.13. The molecule has 0 bridgehead atoms. The first-order chi connectivity index (χ1) is 11.2. The van der Waals surface area contributed by atoms with E-state index in [1.807, 2.05) is 5.01 Å². The summed E-state index contributed by atoms with van der Waals surface area (Å²) >= 11 is -2.19. The van der Waals surface area contributed by atoms with Crippen molar-refractivity contribution in [2.75, 3.05) is 13.1 Å². The first-order valence-electron chi connectivity index (χ1n) is 9.81. The quantitative estimate of drug-likeness (QED) is 0.213. The van der Waals surface area contributed by atoms with Crippen LogP contribution in [0.5, 0.6) is 0 Å². The van der Waals surface area contributed by atoms with Gasteiger partial charge in [0.1, 0.15) is 0 Å². The van der Waals surface area contributed by atoms with E-state index in [4.69, 9.17) is 0 Å². The van der Waals surface area contributed by atoms with Crippen LogP contribution in [0.15, 0.2) is 0 Å². The van der Waals surface area contributed by atoms with Crippen LogP contribution in [0, 0.1) is 0 Å². The zero-order chi connectivity index (χ0) is 17.2. The van der Waals surface area contributed by atoms with Gasteiger partial charge >= 0.3 is 0 Å². The van der Waals surface area contributed by atoms with Crippen LogP contribution in [-0.2, 0) is 11.3 Å². The van der Waals surface area contributed by atoms with E-state index in [2.05, 4.69) is 18.7 Å². The summed E-state index contributed by atoms with van der Waals surface area (Å²) in [6.07, 6.45) is 17.6. The van der Waals surface area contributed by atoms with E-state index in [-0.39, 0.29) is 0 Å². The number of rotatable bonds is 18. The lowest BCUT2D eigenvalue weighted by molar-refractivity contribution is 0.226. The highest BCUT2D eigenvalue weighted by molar-refractivity contribution is 7.76. The molecule has 0 aliphatic carbocycles. The maximum absolute atomic E-state index is 10.9. The summed E-state index contributed by atoms with van der Waals surface area (Å²) in [5.74, 6) is 0. The minimum atomic E-state index is -2.19. The Kier molecular flexibility index (Phi) is 18.4. The van der Waals surface area contributed by atoms with Crippen LogP contribution in [0.25, 0.3) is 0 Å². The van der Waals surface area contributed by atoms with Crippen LogP contribution in [0.1, 0.15) is 104 Å². The second-order valence-corrected chi connectivity index (χ2v) is 7.21. The number of hydrogen-bond donors (Lipinski definition) is 1. The third kappa shape index (κ3) is 18.2. The molecule has 1 atom stereocenters. The molecule has 0 radical (unpaired) electrons. The Balaban J connectivity index is 3.62. The van der Waals surface area contributed by atoms with Gasteiger partial charge in [-0.05, 0) is 12.8 Å². The molecule has 0 rings (SSSR count). The Labute approximate surface area is 147 Å². The van der Waals surface area contributed by atoms with Crippen molar-refractivity contribution in [3.63, 3.8) is 0 Å². The van der Waals surface area contributed by atoms with E-state index >= 15 is 0 Å². The van der Waals surface area contributed by atoms with E-state index in [0.717, 1.165) is 25.9 Å². The molecule has 0 aromatic heterocycles. The first kappa shape index (κ1) is 23.0. The van der Waals surface area contributed by atoms with Gasteiger partial charge in [-0.15, -0.1) is 0 Å². The monoisotopic (exact) mass is 347 g/mol. The predicted molar refractivity (Wildman–Crippen MR) is 99.6 cm³/mol. The Morgan fingerprint density at radius 1 is 0.696 bits per heavy atom. The molecule has 0 fully saturated rings. The van der Waals surface area contributed by atoms with Crippen LogP contribution in [0.2, 0.25) is 0 Å². The summed E-state index contributed by atoms with van der Waals surface area (Å²) in [5, 5.41) is 1.88. The average Bonchev–Trinajstić information content (AvgIpc) is 2.52. The molecule has 0 heterocycles. The molecule has 4 nitrogen and oxygen atoms in total. The number of hydrogen-bond acceptors (Lipinski definition) is 3. The van der Waals surface area contributed by atoms with Gasteiger partial charge in [0.25, 0.3) is 0 Å². The molecule has 0 aromatic rings. The van der Waals surface area contributed by atoms with E-state index in [0.29, 0.717) is 0 Å². The van der Waals surface area contributed by atoms with Crippen molar-refractivity contribution in [2.24, 2.45) is 0 Å². The largest absolute Gasteiger partial charge is 0.759 e. The van der Waals surface area contributed by atoms with Gasteiger partial charge in [0.2, 0.25) is 0 Å². The maximum atomic E-state index is 10.9. The fourth-order valence-electron chi connectivity index (χ4n) is 2.83. The van der Waals surface area contributed by atoms with Crippen LogP contribution >= 0.6 is 0 Å². The Morgan fingerprint density at radius 3 is 1.39 bits per heavy atom. The minimum absolute atomic E-state index is 0.831. The van der Waals surface area contributed by atoms with Crippen molar-refractivity contribution < 1.29 is 8.76 Å². The fraction of sp³-hybridized carbons (Fsp3) is 1.00. The number of unbranched alkanes of at least 4 members (excludes halogenated alkanes) is 12. The lowest BCUT2D eigenvalue weighted by atomic mass is 10.1. The SMILES string of the molecule is CCCCCCCCCN(CCCCCCCCC)NS(=O)[O-]. The molecule has 1 N–H and O–H groups in total. The molecule has 0 saturated carbocycles. The molecule has 23 heavy (non-hydrogen) atoms. The van der Waals surface area contributed by atoms with Crippen LogP contribution in [-0.4, -0.2) is 26.9 Å². The summed E-state index contributed by atoms with van der Waals surface area (Å²) in [4.78, 5) is 2.55. The fourth-order valence-corrected chi connectivity index (χ4v) is 3.22. The second kappa shape index (κ2) is 18.4. The lowest BCUT2D eigenvalue weighted by Crippen LogP contribution is -2.40. The van der Waals surface area contributed by atoms with Crippen molar-refractivity contribution in [1.29, 1.82) is 0 Å². The maximum Gasteiger partial charge on any atom is 0.0326 e. The molecule has 1 unspecified atom stereocenters. The van der Waals surface area contributed by atoms with Gasteiger partial charge in [-0.25, -0.2) is 5.01 Å². The molecular weight excluding hydrogens is 308 g/mol. The number of hydrazine groups is 1. The normalized spacial score (nSPS) is 12.9. The highest BCUT2D eigenvalue weighted by atomic mass is 32.2. The zero-order valence-corrected chi connectivity index (χ0v) is 16.3. The van der Waals surface area contributed by atoms with Crippen molar-refractivity contribution in [3.8, 4) is 0 Å². The molecule has 0 aliphatic heterocycles. The Morgan fingerprint density at radius 2 is 1.04 bits per heavy atom. The molecule has 0 aliphatic rings. The van der Waals surface area contributed by atoms with Gasteiger partial charge in [-0.3, -0.25) is 4.21 Å². The molecule has 0 amide bonds. The molecule has 0 aromatic carbocycles. The van der Waals surface area contributed by atoms with E-state index < -0.39 is 11.3 Å². The third-order valence-corrected chi connectivity index (χ3v) is 4.67. The standard InChI is InChI=1S/C18H40N2O2S/c1-3-5-7-9-11-13-15-17-20(19-23(21)22)18-16-14-12-10-8-6-4-2/h19H,3-18H2,1-2H3,(H,21,22)/p-1. The van der Waals surface area contributed by atoms with E-state index in [1.54, 1.807) is 0 Å². The van der Waals surface area contributed by atoms with E-state index in [1.165, 1.54) is 77.0 Å². The van der Waals surface area contributed by atoms with Crippen molar-refractivity contribution >= 4 is 11.3 Å². The molecule has 140 valence electrons. The van der Waals surface area contributed by atoms with Crippen LogP contribution in [0.4, 0.5) is 0 Å². The van der Waals surface area contributed by atoms with Gasteiger partial charge in [0.15, 0.2) is 0 Å². The predicted octanol–water partition coefficient (Wildman–Crippen LogP) is 5.09. The van der Waals surface area contributed by atoms with Crippen LogP contribution in [0.3, 0.4) is 0 Å². The highest BCUT2D eigenvalue weighted by Crippen LogP contribution is 2.09. The number of nitrogens with zero attached hydrogens (tertiary/aromatic N) is 1. The van der Waals surface area contributed by atoms with Crippen molar-refractivity contribution in [3.05, 3.63) is 0 Å². The summed E-state index contributed by atoms with van der Waals surface area (Å²) < 4.78 is 21.7. The van der Waals surface area contributed by atoms with Crippen LogP contribution < -0.4 is 4.83 Å². The van der Waals surface area contributed by atoms with Gasteiger partial charge in [0, 0.05) is 24.4 Å². The smallest absolute Gasteiger partial charge is 0.0326 e. The zero-order valence-electron chi connectivity index (χ0n) is 15.5. The van der Waals surface area contributed by atoms with Gasteiger partial charge in [-0.2, -0.15) is 4.83 Å². The number of nitrogens with one attached hydrogen (secondary N) is 1. The summed E-state index contributed by atoms with van der Waals surface area (Å²) in [5.41, 5.74) is 0. The summed E-state index contributed by atoms with van der Waals surface area (Å²) in [7, 11) is 0. The van der Waals surface area contributed by atoms with Crippen molar-refractivity contribution in [2.45, 2.75) is 104 Å². The lowest BCUT2D eigenvalue weighted by Gasteiger charge is -2.24. The summed E-state index contributed by atoms with van der Waals surface area (Å²) in [6, 6.07) is 0. The minimum Gasteiger partial charge on any atom is -0.759 e. The topological polar surface area (TPSA) is 55.4 Å². The average molecular weight is 348 g/mol. The second-order valence-electron chi connectivity index (χ2n) is 6.56. The molecule has 0 saturated heterocycles. The van der Waals surface area contributed by atoms with E-state index in [9.17, 15) is 8.76 Å². The van der Waals surface area contributed by atoms with Crippen molar-refractivity contribution in [1.82, 2.24) is 9.84 Å². The molecule has 5 heteroatoms. The van der Waals surface area contributed by atoms with Gasteiger partial charge < -0.3 is 4.55 Å². The highest BCUT2D eigenvalue weighted by Gasteiger charge is 2.04. The molecule has 0 spiro atoms.